The normalized spacial score (nSPS) is 9.00. The van der Waals surface area contributed by atoms with Crippen LogP contribution < -0.4 is 0 Å². The van der Waals surface area contributed by atoms with Crippen molar-refractivity contribution in [3.8, 4) is 0 Å². The topological polar surface area (TPSA) is 28.2 Å². The summed E-state index contributed by atoms with van der Waals surface area (Å²) in [6.07, 6.45) is 10.2. The first-order valence-corrected chi connectivity index (χ1v) is 8.09. The zero-order valence-electron chi connectivity index (χ0n) is 14.3. The fraction of sp³-hybridized carbons (Fsp3) is 1.00. The van der Waals surface area contributed by atoms with Gasteiger partial charge in [0.1, 0.15) is 0 Å². The summed E-state index contributed by atoms with van der Waals surface area (Å²) in [7, 11) is 0. The Morgan fingerprint density at radius 3 is 0.850 bits per heavy atom. The SMILES string of the molecule is Br.CCCC[N-]CCCC.CCCC[N-]CCCC.[Nd]. The molecule has 124 valence electrons. The molecule has 0 amide bonds. The van der Waals surface area contributed by atoms with Crippen LogP contribution in [-0.2, 0) is 0 Å². The van der Waals surface area contributed by atoms with E-state index in [1.165, 1.54) is 51.4 Å². The van der Waals surface area contributed by atoms with Crippen molar-refractivity contribution in [1.29, 1.82) is 0 Å². The predicted molar refractivity (Wildman–Crippen MR) is 96.1 cm³/mol. The molecule has 0 radical (unpaired) electrons. The Kier molecular flexibility index (Phi) is 48.5. The maximum Gasteiger partial charge on any atom is 0 e. The second-order valence-corrected chi connectivity index (χ2v) is 4.76. The van der Waals surface area contributed by atoms with Crippen LogP contribution in [0.4, 0.5) is 0 Å². The molecule has 0 aliphatic heterocycles. The summed E-state index contributed by atoms with van der Waals surface area (Å²) in [4.78, 5) is 0. The molecule has 4 heteroatoms. The summed E-state index contributed by atoms with van der Waals surface area (Å²) in [5.41, 5.74) is 0. The number of rotatable bonds is 12. The molecule has 0 heterocycles. The van der Waals surface area contributed by atoms with Crippen LogP contribution in [0.1, 0.15) is 79.1 Å². The van der Waals surface area contributed by atoms with Crippen LogP contribution in [0, 0.1) is 40.8 Å². The first kappa shape index (κ1) is 29.7. The molecule has 0 saturated carbocycles. The van der Waals surface area contributed by atoms with E-state index in [1.54, 1.807) is 0 Å². The van der Waals surface area contributed by atoms with Gasteiger partial charge in [0, 0.05) is 40.8 Å². The van der Waals surface area contributed by atoms with Crippen LogP contribution in [0.3, 0.4) is 0 Å². The standard InChI is InChI=1S/2C8H18N.BrH.Nd/c2*1-3-5-7-9-8-6-4-2;;/h2*3-8H2,1-2H3;1H;/q2*-1;;. The van der Waals surface area contributed by atoms with Crippen molar-refractivity contribution in [2.24, 2.45) is 0 Å². The Labute approximate surface area is 172 Å². The van der Waals surface area contributed by atoms with Gasteiger partial charge in [-0.1, -0.05) is 79.1 Å². The fourth-order valence-corrected chi connectivity index (χ4v) is 1.30. The third-order valence-corrected chi connectivity index (χ3v) is 2.68. The molecular formula is C16H37BrN2Nd-2. The minimum Gasteiger partial charge on any atom is -0.662 e. The number of hydrogen-bond donors (Lipinski definition) is 0. The number of unbranched alkanes of at least 4 members (excludes halogenated alkanes) is 4. The van der Waals surface area contributed by atoms with E-state index in [9.17, 15) is 0 Å². The third kappa shape index (κ3) is 36.7. The zero-order chi connectivity index (χ0) is 13.9. The molecule has 0 spiro atoms. The van der Waals surface area contributed by atoms with Gasteiger partial charge in [0.2, 0.25) is 0 Å². The van der Waals surface area contributed by atoms with Gasteiger partial charge in [0.15, 0.2) is 0 Å². The summed E-state index contributed by atoms with van der Waals surface area (Å²) >= 11 is 0. The van der Waals surface area contributed by atoms with Gasteiger partial charge in [-0.25, -0.2) is 0 Å². The summed E-state index contributed by atoms with van der Waals surface area (Å²) in [5, 5.41) is 8.70. The van der Waals surface area contributed by atoms with Crippen LogP contribution in [0.5, 0.6) is 0 Å². The molecule has 0 aromatic rings. The van der Waals surface area contributed by atoms with E-state index in [1.807, 2.05) is 0 Å². The molecule has 0 saturated heterocycles. The number of halogens is 1. The molecule has 0 fully saturated rings. The van der Waals surface area contributed by atoms with Crippen molar-refractivity contribution in [1.82, 2.24) is 0 Å². The van der Waals surface area contributed by atoms with Gasteiger partial charge in [-0.3, -0.25) is 0 Å². The van der Waals surface area contributed by atoms with E-state index in [2.05, 4.69) is 38.3 Å². The molecule has 0 aromatic carbocycles. The van der Waals surface area contributed by atoms with Crippen molar-refractivity contribution in [2.75, 3.05) is 26.2 Å². The van der Waals surface area contributed by atoms with Gasteiger partial charge >= 0.3 is 0 Å². The average Bonchev–Trinajstić information content (AvgIpc) is 2.39. The number of hydrogen-bond acceptors (Lipinski definition) is 0. The molecule has 0 aromatic heterocycles. The van der Waals surface area contributed by atoms with Crippen molar-refractivity contribution in [3.63, 3.8) is 0 Å². The van der Waals surface area contributed by atoms with Crippen molar-refractivity contribution >= 4 is 17.0 Å². The molecule has 0 unspecified atom stereocenters. The summed E-state index contributed by atoms with van der Waals surface area (Å²) < 4.78 is 0. The Bertz CT molecular complexity index is 101. The van der Waals surface area contributed by atoms with Crippen molar-refractivity contribution in [2.45, 2.75) is 79.1 Å². The van der Waals surface area contributed by atoms with Crippen LogP contribution >= 0.6 is 17.0 Å². The first-order chi connectivity index (χ1) is 8.83. The Morgan fingerprint density at radius 2 is 0.700 bits per heavy atom. The van der Waals surface area contributed by atoms with E-state index in [4.69, 9.17) is 0 Å². The molecule has 0 N–H and O–H groups in total. The Balaban J connectivity index is -0.000000116. The predicted octanol–water partition coefficient (Wildman–Crippen LogP) is 6.50. The van der Waals surface area contributed by atoms with Gasteiger partial charge < -0.3 is 10.6 Å². The molecule has 0 aliphatic carbocycles. The van der Waals surface area contributed by atoms with E-state index in [-0.39, 0.29) is 57.8 Å². The average molecular weight is 482 g/mol. The van der Waals surface area contributed by atoms with Gasteiger partial charge in [0.25, 0.3) is 0 Å². The summed E-state index contributed by atoms with van der Waals surface area (Å²) in [6, 6.07) is 0. The van der Waals surface area contributed by atoms with Gasteiger partial charge in [-0.2, -0.15) is 0 Å². The van der Waals surface area contributed by atoms with Crippen LogP contribution in [0.2, 0.25) is 0 Å². The quantitative estimate of drug-likeness (QED) is 0.285. The van der Waals surface area contributed by atoms with Crippen LogP contribution in [0.15, 0.2) is 0 Å². The van der Waals surface area contributed by atoms with Gasteiger partial charge in [0.05, 0.1) is 0 Å². The Morgan fingerprint density at radius 1 is 0.500 bits per heavy atom. The fourth-order valence-electron chi connectivity index (χ4n) is 1.30. The minimum absolute atomic E-state index is 0. The van der Waals surface area contributed by atoms with E-state index < -0.39 is 0 Å². The first-order valence-electron chi connectivity index (χ1n) is 8.09. The molecule has 0 bridgehead atoms. The van der Waals surface area contributed by atoms with Crippen LogP contribution in [-0.4, -0.2) is 26.2 Å². The zero-order valence-corrected chi connectivity index (χ0v) is 19.2. The number of nitrogens with zero attached hydrogens (tertiary/aromatic N) is 2. The molecule has 0 aliphatic rings. The van der Waals surface area contributed by atoms with Crippen molar-refractivity contribution in [3.05, 3.63) is 10.6 Å². The van der Waals surface area contributed by atoms with E-state index in [0.29, 0.717) is 0 Å². The smallest absolute Gasteiger partial charge is 0 e. The summed E-state index contributed by atoms with van der Waals surface area (Å²) in [6.45, 7) is 13.1. The van der Waals surface area contributed by atoms with Crippen molar-refractivity contribution < 1.29 is 40.8 Å². The van der Waals surface area contributed by atoms with Crippen LogP contribution in [0.25, 0.3) is 10.6 Å². The molecule has 0 atom stereocenters. The molecule has 20 heavy (non-hydrogen) atoms. The van der Waals surface area contributed by atoms with Gasteiger partial charge in [-0.05, 0) is 0 Å². The maximum absolute atomic E-state index is 4.35. The molecular weight excluding hydrogens is 444 g/mol. The molecule has 2 nitrogen and oxygen atoms in total. The second kappa shape index (κ2) is 32.6. The molecule has 0 rings (SSSR count). The van der Waals surface area contributed by atoms with E-state index in [0.717, 1.165) is 26.2 Å². The maximum atomic E-state index is 4.35. The summed E-state index contributed by atoms with van der Waals surface area (Å²) in [5.74, 6) is 0. The van der Waals surface area contributed by atoms with E-state index >= 15 is 0 Å². The minimum atomic E-state index is 0. The third-order valence-electron chi connectivity index (χ3n) is 2.68. The largest absolute Gasteiger partial charge is 0.662 e. The second-order valence-electron chi connectivity index (χ2n) is 4.76. The monoisotopic (exact) mass is 478 g/mol. The Hall–Kier alpha value is 1.75. The van der Waals surface area contributed by atoms with Gasteiger partial charge in [-0.15, -0.1) is 43.2 Å².